The van der Waals surface area contributed by atoms with E-state index in [9.17, 15) is 23.6 Å². The minimum absolute atomic E-state index is 0.00409. The van der Waals surface area contributed by atoms with Crippen LogP contribution in [0.5, 0.6) is 0 Å². The van der Waals surface area contributed by atoms with Gasteiger partial charge < -0.3 is 14.8 Å². The van der Waals surface area contributed by atoms with E-state index in [2.05, 4.69) is 5.32 Å². The first-order chi connectivity index (χ1) is 16.4. The molecular formula is C25H27FN4O4. The first-order valence-electron chi connectivity index (χ1n) is 11.7. The van der Waals surface area contributed by atoms with Crippen LogP contribution in [0.3, 0.4) is 0 Å². The molecule has 2 aromatic rings. The minimum Gasteiger partial charge on any atom is -0.342 e. The maximum atomic E-state index is 13.4. The number of likely N-dealkylation sites (tertiary alicyclic amines) is 1. The monoisotopic (exact) mass is 466 g/mol. The molecule has 3 aliphatic rings. The standard InChI is InChI=1S/C25H27FN4O4/c26-19-4-1-3-16(12-19)9-10-29-24(33)20(27-25(29)34)7-8-22(31)28-13-17-11-18(15-28)21-5-2-6-23(32)30(21)14-17/h1-6,12,17-18,20H,7-11,13-15H2,(H,27,34)/t17-,18+,20+/m1/s1. The topological polar surface area (TPSA) is 91.7 Å². The van der Waals surface area contributed by atoms with Crippen LogP contribution in [-0.4, -0.2) is 57.9 Å². The molecule has 1 aromatic heterocycles. The van der Waals surface area contributed by atoms with E-state index < -0.39 is 12.1 Å². The van der Waals surface area contributed by atoms with Crippen molar-refractivity contribution in [3.05, 3.63) is 69.9 Å². The fourth-order valence-electron chi connectivity index (χ4n) is 5.44. The summed E-state index contributed by atoms with van der Waals surface area (Å²) in [7, 11) is 0. The Balaban J connectivity index is 1.16. The summed E-state index contributed by atoms with van der Waals surface area (Å²) in [6, 6.07) is 10.2. The van der Waals surface area contributed by atoms with Crippen molar-refractivity contribution in [3.63, 3.8) is 0 Å². The van der Waals surface area contributed by atoms with Crippen molar-refractivity contribution >= 4 is 17.8 Å². The molecule has 3 atom stereocenters. The number of aromatic nitrogens is 1. The number of imide groups is 1. The van der Waals surface area contributed by atoms with E-state index in [1.54, 1.807) is 24.3 Å². The van der Waals surface area contributed by atoms with Crippen LogP contribution in [0.1, 0.15) is 36.4 Å². The molecule has 9 heteroatoms. The summed E-state index contributed by atoms with van der Waals surface area (Å²) in [6.07, 6.45) is 1.73. The molecule has 2 fully saturated rings. The summed E-state index contributed by atoms with van der Waals surface area (Å²) >= 11 is 0. The zero-order valence-electron chi connectivity index (χ0n) is 18.8. The van der Waals surface area contributed by atoms with Crippen molar-refractivity contribution in [3.8, 4) is 0 Å². The molecule has 1 N–H and O–H groups in total. The first-order valence-corrected chi connectivity index (χ1v) is 11.7. The molecule has 4 heterocycles. The second-order valence-electron chi connectivity index (χ2n) is 9.41. The third-order valence-electron chi connectivity index (χ3n) is 7.10. The number of fused-ring (bicyclic) bond motifs is 4. The number of nitrogens with one attached hydrogen (secondary N) is 1. The van der Waals surface area contributed by atoms with Gasteiger partial charge >= 0.3 is 6.03 Å². The third kappa shape index (κ3) is 4.34. The van der Waals surface area contributed by atoms with Crippen LogP contribution in [0.15, 0.2) is 47.3 Å². The maximum Gasteiger partial charge on any atom is 0.324 e. The molecule has 0 unspecified atom stereocenters. The molecular weight excluding hydrogens is 439 g/mol. The number of amides is 4. The fourth-order valence-corrected chi connectivity index (χ4v) is 5.44. The molecule has 1 aromatic carbocycles. The van der Waals surface area contributed by atoms with Gasteiger partial charge in [-0.25, -0.2) is 9.18 Å². The summed E-state index contributed by atoms with van der Waals surface area (Å²) in [5, 5.41) is 2.67. The number of carbonyl (C=O) groups excluding carboxylic acids is 3. The highest BCUT2D eigenvalue weighted by atomic mass is 19.1. The highest BCUT2D eigenvalue weighted by molar-refractivity contribution is 6.04. The fraction of sp³-hybridized carbons (Fsp3) is 0.440. The summed E-state index contributed by atoms with van der Waals surface area (Å²) in [5.41, 5.74) is 1.69. The van der Waals surface area contributed by atoms with Crippen molar-refractivity contribution in [2.24, 2.45) is 5.92 Å². The minimum atomic E-state index is -0.729. The quantitative estimate of drug-likeness (QED) is 0.658. The van der Waals surface area contributed by atoms with E-state index in [0.717, 1.165) is 17.0 Å². The number of piperidine rings is 1. The van der Waals surface area contributed by atoms with Gasteiger partial charge in [-0.1, -0.05) is 18.2 Å². The largest absolute Gasteiger partial charge is 0.342 e. The number of rotatable bonds is 6. The average Bonchev–Trinajstić information content (AvgIpc) is 3.09. The smallest absolute Gasteiger partial charge is 0.324 e. The number of benzene rings is 1. The van der Waals surface area contributed by atoms with Crippen LogP contribution in [0.25, 0.3) is 0 Å². The number of hydrogen-bond donors (Lipinski definition) is 1. The van der Waals surface area contributed by atoms with Gasteiger partial charge in [-0.3, -0.25) is 19.3 Å². The van der Waals surface area contributed by atoms with Gasteiger partial charge in [-0.2, -0.15) is 0 Å². The predicted octanol–water partition coefficient (Wildman–Crippen LogP) is 1.88. The Morgan fingerprint density at radius 3 is 2.71 bits per heavy atom. The van der Waals surface area contributed by atoms with Crippen molar-refractivity contribution in [2.45, 2.75) is 44.2 Å². The van der Waals surface area contributed by atoms with Crippen LogP contribution < -0.4 is 10.9 Å². The number of pyridine rings is 1. The van der Waals surface area contributed by atoms with E-state index in [-0.39, 0.29) is 54.4 Å². The van der Waals surface area contributed by atoms with Crippen molar-refractivity contribution in [1.82, 2.24) is 19.7 Å². The molecule has 4 amide bonds. The predicted molar refractivity (Wildman–Crippen MR) is 122 cm³/mol. The summed E-state index contributed by atoms with van der Waals surface area (Å²) < 4.78 is 15.2. The van der Waals surface area contributed by atoms with E-state index in [1.165, 1.54) is 12.1 Å². The Morgan fingerprint density at radius 2 is 1.88 bits per heavy atom. The average molecular weight is 467 g/mol. The normalized spacial score (nSPS) is 23.6. The molecule has 0 spiro atoms. The molecule has 2 bridgehead atoms. The van der Waals surface area contributed by atoms with E-state index in [4.69, 9.17) is 0 Å². The SMILES string of the molecule is O=C(CC[C@@H]1NC(=O)N(CCc2cccc(F)c2)C1=O)N1C[C@H]2C[C@@H](C1)c1cccc(=O)n1C2. The zero-order valence-corrected chi connectivity index (χ0v) is 18.8. The summed E-state index contributed by atoms with van der Waals surface area (Å²) in [5.74, 6) is -0.374. The number of urea groups is 1. The van der Waals surface area contributed by atoms with Gasteiger partial charge in [0.15, 0.2) is 0 Å². The lowest BCUT2D eigenvalue weighted by Crippen LogP contribution is -2.49. The van der Waals surface area contributed by atoms with Gasteiger partial charge in [0.25, 0.3) is 11.5 Å². The van der Waals surface area contributed by atoms with E-state index in [0.29, 0.717) is 31.6 Å². The Hall–Kier alpha value is -3.49. The Labute approximate surface area is 196 Å². The number of nitrogens with zero attached hydrogens (tertiary/aromatic N) is 3. The van der Waals surface area contributed by atoms with E-state index >= 15 is 0 Å². The lowest BCUT2D eigenvalue weighted by molar-refractivity contribution is -0.134. The lowest BCUT2D eigenvalue weighted by Gasteiger charge is -2.42. The molecule has 0 aliphatic carbocycles. The first kappa shape index (κ1) is 22.3. The highest BCUT2D eigenvalue weighted by Crippen LogP contribution is 2.35. The molecule has 0 radical (unpaired) electrons. The Bertz CT molecular complexity index is 1200. The maximum absolute atomic E-state index is 13.4. The van der Waals surface area contributed by atoms with Crippen LogP contribution in [0.4, 0.5) is 9.18 Å². The number of halogens is 1. The molecule has 178 valence electrons. The molecule has 8 nitrogen and oxygen atoms in total. The second kappa shape index (κ2) is 9.04. The van der Waals surface area contributed by atoms with Gasteiger partial charge in [0.05, 0.1) is 0 Å². The molecule has 5 rings (SSSR count). The Kier molecular flexibility index (Phi) is 5.93. The highest BCUT2D eigenvalue weighted by Gasteiger charge is 2.39. The molecule has 3 aliphatic heterocycles. The van der Waals surface area contributed by atoms with Gasteiger partial charge in [0.2, 0.25) is 5.91 Å². The van der Waals surface area contributed by atoms with Gasteiger partial charge in [0.1, 0.15) is 11.9 Å². The van der Waals surface area contributed by atoms with E-state index in [1.807, 2.05) is 15.5 Å². The van der Waals surface area contributed by atoms with Gasteiger partial charge in [-0.15, -0.1) is 0 Å². The third-order valence-corrected chi connectivity index (χ3v) is 7.10. The van der Waals surface area contributed by atoms with Gasteiger partial charge in [-0.05, 0) is 48.9 Å². The van der Waals surface area contributed by atoms with Crippen molar-refractivity contribution in [1.29, 1.82) is 0 Å². The van der Waals surface area contributed by atoms with Crippen molar-refractivity contribution < 1.29 is 18.8 Å². The van der Waals surface area contributed by atoms with Gasteiger partial charge in [0, 0.05) is 50.3 Å². The number of hydrogen-bond acceptors (Lipinski definition) is 4. The Morgan fingerprint density at radius 1 is 1.06 bits per heavy atom. The van der Waals surface area contributed by atoms with Crippen LogP contribution >= 0.6 is 0 Å². The van der Waals surface area contributed by atoms with Crippen LogP contribution in [0, 0.1) is 11.7 Å². The van der Waals surface area contributed by atoms with Crippen LogP contribution in [-0.2, 0) is 22.6 Å². The molecule has 34 heavy (non-hydrogen) atoms. The van der Waals surface area contributed by atoms with Crippen LogP contribution in [0.2, 0.25) is 0 Å². The summed E-state index contributed by atoms with van der Waals surface area (Å²) in [4.78, 5) is 53.2. The zero-order chi connectivity index (χ0) is 23.8. The summed E-state index contributed by atoms with van der Waals surface area (Å²) in [6.45, 7) is 1.93. The lowest BCUT2D eigenvalue weighted by atomic mass is 9.83. The van der Waals surface area contributed by atoms with Crippen molar-refractivity contribution in [2.75, 3.05) is 19.6 Å². The molecule has 2 saturated heterocycles. The number of carbonyl (C=O) groups is 3. The second-order valence-corrected chi connectivity index (χ2v) is 9.41. The molecule has 0 saturated carbocycles.